The van der Waals surface area contributed by atoms with Gasteiger partial charge in [0.25, 0.3) is 0 Å². The monoisotopic (exact) mass is 378 g/mol. The van der Waals surface area contributed by atoms with E-state index in [1.54, 1.807) is 0 Å². The van der Waals surface area contributed by atoms with E-state index in [1.807, 2.05) is 51.1 Å². The SMILES string of the molecule is CC(C)(C)OC(=O)N[C@@H]1CC[C@H](NC(=O)OCc2ccccc2)[C@@H](CO)C1. The highest BCUT2D eigenvalue weighted by Crippen LogP contribution is 2.25. The molecule has 1 aromatic carbocycles. The topological polar surface area (TPSA) is 96.9 Å². The summed E-state index contributed by atoms with van der Waals surface area (Å²) in [6, 6.07) is 9.17. The second kappa shape index (κ2) is 9.60. The molecule has 0 aliphatic heterocycles. The zero-order chi connectivity index (χ0) is 19.9. The third-order valence-electron chi connectivity index (χ3n) is 4.45. The van der Waals surface area contributed by atoms with Crippen LogP contribution in [0.15, 0.2) is 30.3 Å². The second-order valence-electron chi connectivity index (χ2n) is 7.91. The Labute approximate surface area is 160 Å². The van der Waals surface area contributed by atoms with Crippen molar-refractivity contribution in [3.8, 4) is 0 Å². The van der Waals surface area contributed by atoms with Crippen molar-refractivity contribution >= 4 is 12.2 Å². The van der Waals surface area contributed by atoms with Crippen LogP contribution >= 0.6 is 0 Å². The summed E-state index contributed by atoms with van der Waals surface area (Å²) in [6.07, 6.45) is 0.948. The lowest BCUT2D eigenvalue weighted by Gasteiger charge is -2.36. The molecule has 1 saturated carbocycles. The molecule has 150 valence electrons. The fraction of sp³-hybridized carbons (Fsp3) is 0.600. The van der Waals surface area contributed by atoms with Crippen molar-refractivity contribution in [2.24, 2.45) is 5.92 Å². The van der Waals surface area contributed by atoms with Crippen molar-refractivity contribution in [2.45, 2.75) is 64.3 Å². The van der Waals surface area contributed by atoms with Gasteiger partial charge in [-0.05, 0) is 45.6 Å². The number of carbonyl (C=O) groups excluding carboxylic acids is 2. The first-order valence-corrected chi connectivity index (χ1v) is 9.34. The Morgan fingerprint density at radius 2 is 1.81 bits per heavy atom. The predicted molar refractivity (Wildman–Crippen MR) is 101 cm³/mol. The number of aliphatic hydroxyl groups is 1. The zero-order valence-electron chi connectivity index (χ0n) is 16.2. The second-order valence-corrected chi connectivity index (χ2v) is 7.91. The highest BCUT2D eigenvalue weighted by molar-refractivity contribution is 5.68. The molecule has 0 heterocycles. The summed E-state index contributed by atoms with van der Waals surface area (Å²) in [6.45, 7) is 5.56. The van der Waals surface area contributed by atoms with Crippen LogP contribution in [0.4, 0.5) is 9.59 Å². The summed E-state index contributed by atoms with van der Waals surface area (Å²) in [5, 5.41) is 15.4. The summed E-state index contributed by atoms with van der Waals surface area (Å²) in [5.74, 6) is -0.150. The van der Waals surface area contributed by atoms with Gasteiger partial charge < -0.3 is 25.2 Å². The summed E-state index contributed by atoms with van der Waals surface area (Å²) in [5.41, 5.74) is 0.360. The van der Waals surface area contributed by atoms with Gasteiger partial charge in [0.2, 0.25) is 0 Å². The van der Waals surface area contributed by atoms with E-state index < -0.39 is 17.8 Å². The first-order valence-electron chi connectivity index (χ1n) is 9.34. The van der Waals surface area contributed by atoms with Crippen LogP contribution in [-0.4, -0.2) is 41.6 Å². The first kappa shape index (κ1) is 21.0. The number of ether oxygens (including phenoxy) is 2. The van der Waals surface area contributed by atoms with Gasteiger partial charge in [0.1, 0.15) is 12.2 Å². The Bertz CT molecular complexity index is 615. The molecule has 0 radical (unpaired) electrons. The molecule has 27 heavy (non-hydrogen) atoms. The van der Waals surface area contributed by atoms with Crippen LogP contribution in [0.2, 0.25) is 0 Å². The number of carbonyl (C=O) groups is 2. The lowest BCUT2D eigenvalue weighted by atomic mass is 9.82. The average molecular weight is 378 g/mol. The molecule has 0 spiro atoms. The third kappa shape index (κ3) is 7.46. The molecule has 7 heteroatoms. The molecule has 3 N–H and O–H groups in total. The van der Waals surface area contributed by atoms with Gasteiger partial charge in [-0.3, -0.25) is 0 Å². The highest BCUT2D eigenvalue weighted by atomic mass is 16.6. The van der Waals surface area contributed by atoms with Crippen molar-refractivity contribution in [1.29, 1.82) is 0 Å². The number of hydrogen-bond acceptors (Lipinski definition) is 5. The van der Waals surface area contributed by atoms with Gasteiger partial charge in [0.15, 0.2) is 0 Å². The number of benzene rings is 1. The molecule has 1 aliphatic rings. The number of amides is 2. The van der Waals surface area contributed by atoms with Gasteiger partial charge in [-0.1, -0.05) is 30.3 Å². The highest BCUT2D eigenvalue weighted by Gasteiger charge is 2.33. The van der Waals surface area contributed by atoms with Gasteiger partial charge in [0, 0.05) is 24.6 Å². The minimum Gasteiger partial charge on any atom is -0.445 e. The summed E-state index contributed by atoms with van der Waals surface area (Å²) < 4.78 is 10.5. The van der Waals surface area contributed by atoms with Crippen molar-refractivity contribution in [1.82, 2.24) is 10.6 Å². The maximum absolute atomic E-state index is 12.1. The van der Waals surface area contributed by atoms with E-state index in [-0.39, 0.29) is 31.2 Å². The minimum absolute atomic E-state index is 0.0733. The Balaban J connectivity index is 1.78. The lowest BCUT2D eigenvalue weighted by molar-refractivity contribution is 0.0456. The Morgan fingerprint density at radius 3 is 2.44 bits per heavy atom. The molecule has 7 nitrogen and oxygen atoms in total. The molecule has 0 bridgehead atoms. The van der Waals surface area contributed by atoms with Crippen molar-refractivity contribution < 1.29 is 24.2 Å². The quantitative estimate of drug-likeness (QED) is 0.732. The first-order chi connectivity index (χ1) is 12.8. The van der Waals surface area contributed by atoms with E-state index in [4.69, 9.17) is 9.47 Å². The van der Waals surface area contributed by atoms with Crippen LogP contribution in [0.1, 0.15) is 45.6 Å². The Kier molecular flexibility index (Phi) is 7.47. The molecule has 2 amide bonds. The van der Waals surface area contributed by atoms with Crippen LogP contribution in [0, 0.1) is 5.92 Å². The summed E-state index contributed by atoms with van der Waals surface area (Å²) in [4.78, 5) is 24.0. The average Bonchev–Trinajstić information content (AvgIpc) is 2.60. The van der Waals surface area contributed by atoms with E-state index in [9.17, 15) is 14.7 Å². The zero-order valence-corrected chi connectivity index (χ0v) is 16.2. The van der Waals surface area contributed by atoms with Crippen molar-refractivity contribution in [3.63, 3.8) is 0 Å². The largest absolute Gasteiger partial charge is 0.445 e. The smallest absolute Gasteiger partial charge is 0.407 e. The van der Waals surface area contributed by atoms with Gasteiger partial charge >= 0.3 is 12.2 Å². The Morgan fingerprint density at radius 1 is 1.11 bits per heavy atom. The van der Waals surface area contributed by atoms with E-state index in [1.165, 1.54) is 0 Å². The molecular weight excluding hydrogens is 348 g/mol. The Hall–Kier alpha value is -2.28. The molecular formula is C20H30N2O5. The molecule has 2 rings (SSSR count). The number of hydrogen-bond donors (Lipinski definition) is 3. The number of rotatable bonds is 5. The number of nitrogens with one attached hydrogen (secondary N) is 2. The van der Waals surface area contributed by atoms with E-state index in [0.717, 1.165) is 5.56 Å². The van der Waals surface area contributed by atoms with E-state index in [2.05, 4.69) is 10.6 Å². The minimum atomic E-state index is -0.554. The summed E-state index contributed by atoms with van der Waals surface area (Å²) in [7, 11) is 0. The molecule has 1 aromatic rings. The van der Waals surface area contributed by atoms with Crippen molar-refractivity contribution in [2.75, 3.05) is 6.61 Å². The van der Waals surface area contributed by atoms with Crippen LogP contribution < -0.4 is 10.6 Å². The fourth-order valence-electron chi connectivity index (χ4n) is 3.18. The standard InChI is InChI=1S/C20H30N2O5/c1-20(2,3)27-19(25)21-16-9-10-17(15(11-16)12-23)22-18(24)26-13-14-7-5-4-6-8-14/h4-8,15-17,23H,9-13H2,1-3H3,(H,21,25)(H,22,24)/t15-,16-,17+/m1/s1. The molecule has 0 saturated heterocycles. The summed E-state index contributed by atoms with van der Waals surface area (Å²) >= 11 is 0. The fourth-order valence-corrected chi connectivity index (χ4v) is 3.18. The van der Waals surface area contributed by atoms with Crippen LogP contribution in [0.25, 0.3) is 0 Å². The maximum Gasteiger partial charge on any atom is 0.407 e. The van der Waals surface area contributed by atoms with Crippen molar-refractivity contribution in [3.05, 3.63) is 35.9 Å². The van der Waals surface area contributed by atoms with Gasteiger partial charge in [0.05, 0.1) is 0 Å². The van der Waals surface area contributed by atoms with Gasteiger partial charge in [-0.25, -0.2) is 9.59 Å². The number of aliphatic hydroxyl groups excluding tert-OH is 1. The molecule has 0 unspecified atom stereocenters. The normalized spacial score (nSPS) is 22.6. The van der Waals surface area contributed by atoms with Crippen LogP contribution in [-0.2, 0) is 16.1 Å². The lowest BCUT2D eigenvalue weighted by Crippen LogP contribution is -2.50. The van der Waals surface area contributed by atoms with Gasteiger partial charge in [-0.15, -0.1) is 0 Å². The van der Waals surface area contributed by atoms with Crippen LogP contribution in [0.5, 0.6) is 0 Å². The number of alkyl carbamates (subject to hydrolysis) is 2. The molecule has 3 atom stereocenters. The van der Waals surface area contributed by atoms with Crippen LogP contribution in [0.3, 0.4) is 0 Å². The predicted octanol–water partition coefficient (Wildman–Crippen LogP) is 2.97. The van der Waals surface area contributed by atoms with E-state index >= 15 is 0 Å². The maximum atomic E-state index is 12.1. The molecule has 1 fully saturated rings. The van der Waals surface area contributed by atoms with E-state index in [0.29, 0.717) is 19.3 Å². The molecule has 1 aliphatic carbocycles. The molecule has 0 aromatic heterocycles. The third-order valence-corrected chi connectivity index (χ3v) is 4.45. The van der Waals surface area contributed by atoms with Gasteiger partial charge in [-0.2, -0.15) is 0 Å².